The van der Waals surface area contributed by atoms with Crippen molar-refractivity contribution < 1.29 is 8.78 Å². The molecule has 2 fully saturated rings. The Bertz CT molecular complexity index is 301. The zero-order chi connectivity index (χ0) is 13.0. The zero-order valence-corrected chi connectivity index (χ0v) is 11.0. The average molecular weight is 259 g/mol. The van der Waals surface area contributed by atoms with Crippen LogP contribution in [0.5, 0.6) is 0 Å². The van der Waals surface area contributed by atoms with Gasteiger partial charge in [-0.25, -0.2) is 8.78 Å². The number of nitrogens with one attached hydrogen (secondary N) is 2. The van der Waals surface area contributed by atoms with Crippen molar-refractivity contribution in [2.45, 2.75) is 56.9 Å². The van der Waals surface area contributed by atoms with E-state index in [1.165, 1.54) is 12.8 Å². The molecule has 2 saturated carbocycles. The molecular formula is C13H23F2N3. The second-order valence-electron chi connectivity index (χ2n) is 5.54. The third kappa shape index (κ3) is 4.42. The van der Waals surface area contributed by atoms with E-state index < -0.39 is 5.92 Å². The molecule has 2 rings (SSSR count). The molecule has 2 aliphatic rings. The lowest BCUT2D eigenvalue weighted by atomic mass is 9.99. The highest BCUT2D eigenvalue weighted by atomic mass is 19.3. The van der Waals surface area contributed by atoms with Gasteiger partial charge >= 0.3 is 0 Å². The van der Waals surface area contributed by atoms with E-state index in [1.54, 1.807) is 7.05 Å². The quantitative estimate of drug-likeness (QED) is 0.464. The molecule has 0 radical (unpaired) electrons. The Labute approximate surface area is 107 Å². The predicted octanol–water partition coefficient (Wildman–Crippen LogP) is 2.53. The maximum absolute atomic E-state index is 13.5. The van der Waals surface area contributed by atoms with Crippen molar-refractivity contribution in [2.24, 2.45) is 10.9 Å². The first kappa shape index (κ1) is 13.6. The molecule has 104 valence electrons. The lowest BCUT2D eigenvalue weighted by Crippen LogP contribution is -2.41. The summed E-state index contributed by atoms with van der Waals surface area (Å²) in [6.45, 7) is 0.599. The third-order valence-electron chi connectivity index (χ3n) is 3.69. The van der Waals surface area contributed by atoms with Crippen LogP contribution in [-0.2, 0) is 0 Å². The highest BCUT2D eigenvalue weighted by Gasteiger charge is 2.34. The molecule has 5 heteroatoms. The fraction of sp³-hybridized carbons (Fsp3) is 0.923. The molecule has 0 aliphatic heterocycles. The summed E-state index contributed by atoms with van der Waals surface area (Å²) in [5.74, 6) is -1.67. The molecule has 2 N–H and O–H groups in total. The topological polar surface area (TPSA) is 36.4 Å². The zero-order valence-electron chi connectivity index (χ0n) is 11.0. The van der Waals surface area contributed by atoms with Crippen LogP contribution < -0.4 is 10.6 Å². The van der Waals surface area contributed by atoms with Crippen molar-refractivity contribution in [3.8, 4) is 0 Å². The van der Waals surface area contributed by atoms with Crippen LogP contribution in [0.15, 0.2) is 4.99 Å². The van der Waals surface area contributed by atoms with E-state index in [4.69, 9.17) is 0 Å². The summed E-state index contributed by atoms with van der Waals surface area (Å²) in [5.41, 5.74) is 0. The van der Waals surface area contributed by atoms with Crippen LogP contribution >= 0.6 is 0 Å². The number of hydrogen-bond donors (Lipinski definition) is 2. The Morgan fingerprint density at radius 2 is 2.06 bits per heavy atom. The highest BCUT2D eigenvalue weighted by molar-refractivity contribution is 5.80. The van der Waals surface area contributed by atoms with Gasteiger partial charge in [0.25, 0.3) is 0 Å². The summed E-state index contributed by atoms with van der Waals surface area (Å²) in [6, 6.07) is 0.534. The fourth-order valence-corrected chi connectivity index (χ4v) is 2.47. The van der Waals surface area contributed by atoms with Gasteiger partial charge in [0.05, 0.1) is 0 Å². The Balaban J connectivity index is 1.76. The first-order valence-corrected chi connectivity index (χ1v) is 6.94. The maximum atomic E-state index is 13.5. The van der Waals surface area contributed by atoms with Gasteiger partial charge in [-0.05, 0) is 31.6 Å². The number of guanidine groups is 1. The standard InChI is InChI=1S/C13H23F2N3/c1-16-12(18-11-5-6-11)17-9-10-4-2-3-7-13(14,15)8-10/h10-11H,2-9H2,1H3,(H2,16,17,18). The van der Waals surface area contributed by atoms with Crippen molar-refractivity contribution in [2.75, 3.05) is 13.6 Å². The van der Waals surface area contributed by atoms with Crippen molar-refractivity contribution in [3.05, 3.63) is 0 Å². The van der Waals surface area contributed by atoms with Gasteiger partial charge in [-0.15, -0.1) is 0 Å². The van der Waals surface area contributed by atoms with Gasteiger partial charge in [-0.3, -0.25) is 4.99 Å². The van der Waals surface area contributed by atoms with Gasteiger partial charge in [0.2, 0.25) is 5.92 Å². The van der Waals surface area contributed by atoms with Gasteiger partial charge in [-0.2, -0.15) is 0 Å². The lowest BCUT2D eigenvalue weighted by Gasteiger charge is -2.21. The van der Waals surface area contributed by atoms with E-state index in [0.29, 0.717) is 19.0 Å². The average Bonchev–Trinajstić information content (AvgIpc) is 3.12. The smallest absolute Gasteiger partial charge is 0.248 e. The van der Waals surface area contributed by atoms with Crippen molar-refractivity contribution in [1.82, 2.24) is 10.6 Å². The molecule has 0 bridgehead atoms. The molecule has 1 unspecified atom stereocenters. The second kappa shape index (κ2) is 5.85. The fourth-order valence-electron chi connectivity index (χ4n) is 2.47. The first-order valence-electron chi connectivity index (χ1n) is 6.94. The first-order chi connectivity index (χ1) is 8.59. The number of halogens is 2. The van der Waals surface area contributed by atoms with Crippen LogP contribution in [0, 0.1) is 5.92 Å². The monoisotopic (exact) mass is 259 g/mol. The van der Waals surface area contributed by atoms with Crippen molar-refractivity contribution in [3.63, 3.8) is 0 Å². The van der Waals surface area contributed by atoms with E-state index in [0.717, 1.165) is 18.8 Å². The van der Waals surface area contributed by atoms with Crippen LogP contribution in [0.2, 0.25) is 0 Å². The minimum atomic E-state index is -2.48. The van der Waals surface area contributed by atoms with Gasteiger partial charge < -0.3 is 10.6 Å². The van der Waals surface area contributed by atoms with E-state index in [-0.39, 0.29) is 18.8 Å². The minimum Gasteiger partial charge on any atom is -0.356 e. The molecule has 18 heavy (non-hydrogen) atoms. The lowest BCUT2D eigenvalue weighted by molar-refractivity contribution is -0.0245. The number of nitrogens with zero attached hydrogens (tertiary/aromatic N) is 1. The maximum Gasteiger partial charge on any atom is 0.248 e. The number of hydrogen-bond acceptors (Lipinski definition) is 1. The number of alkyl halides is 2. The normalized spacial score (nSPS) is 28.6. The van der Waals surface area contributed by atoms with Crippen LogP contribution in [-0.4, -0.2) is 31.5 Å². The summed E-state index contributed by atoms with van der Waals surface area (Å²) in [6.07, 6.45) is 4.89. The van der Waals surface area contributed by atoms with Crippen molar-refractivity contribution in [1.29, 1.82) is 0 Å². The largest absolute Gasteiger partial charge is 0.356 e. The summed E-state index contributed by atoms with van der Waals surface area (Å²) in [5, 5.41) is 6.45. The molecular weight excluding hydrogens is 236 g/mol. The summed E-state index contributed by atoms with van der Waals surface area (Å²) in [7, 11) is 1.72. The molecule has 1 atom stereocenters. The van der Waals surface area contributed by atoms with E-state index in [1.807, 2.05) is 0 Å². The predicted molar refractivity (Wildman–Crippen MR) is 69.0 cm³/mol. The van der Waals surface area contributed by atoms with E-state index in [9.17, 15) is 8.78 Å². The molecule has 0 spiro atoms. The Morgan fingerprint density at radius 3 is 2.72 bits per heavy atom. The molecule has 0 aromatic heterocycles. The minimum absolute atomic E-state index is 0.0143. The third-order valence-corrected chi connectivity index (χ3v) is 3.69. The summed E-state index contributed by atoms with van der Waals surface area (Å²) < 4.78 is 26.9. The van der Waals surface area contributed by atoms with Gasteiger partial charge in [0, 0.05) is 32.5 Å². The van der Waals surface area contributed by atoms with Gasteiger partial charge in [0.1, 0.15) is 0 Å². The van der Waals surface area contributed by atoms with Crippen LogP contribution in [0.3, 0.4) is 0 Å². The Kier molecular flexibility index (Phi) is 4.40. The molecule has 0 aromatic carbocycles. The van der Waals surface area contributed by atoms with Crippen molar-refractivity contribution >= 4 is 5.96 Å². The molecule has 0 aromatic rings. The Morgan fingerprint density at radius 1 is 1.28 bits per heavy atom. The summed E-state index contributed by atoms with van der Waals surface area (Å²) in [4.78, 5) is 4.12. The molecule has 3 nitrogen and oxygen atoms in total. The van der Waals surface area contributed by atoms with Crippen LogP contribution in [0.25, 0.3) is 0 Å². The van der Waals surface area contributed by atoms with Crippen LogP contribution in [0.4, 0.5) is 8.78 Å². The van der Waals surface area contributed by atoms with Crippen LogP contribution in [0.1, 0.15) is 44.9 Å². The molecule has 0 amide bonds. The van der Waals surface area contributed by atoms with E-state index in [2.05, 4.69) is 15.6 Å². The molecule has 2 aliphatic carbocycles. The Hall–Kier alpha value is -0.870. The number of aliphatic imine (C=N–C) groups is 1. The number of rotatable bonds is 3. The van der Waals surface area contributed by atoms with E-state index >= 15 is 0 Å². The van der Waals surface area contributed by atoms with Gasteiger partial charge in [-0.1, -0.05) is 6.42 Å². The molecule has 0 heterocycles. The molecule has 0 saturated heterocycles. The highest BCUT2D eigenvalue weighted by Crippen LogP contribution is 2.34. The second-order valence-corrected chi connectivity index (χ2v) is 5.54. The SMILES string of the molecule is CN=C(NCC1CCCCC(F)(F)C1)NC1CC1. The van der Waals surface area contributed by atoms with Gasteiger partial charge in [0.15, 0.2) is 5.96 Å². The summed E-state index contributed by atoms with van der Waals surface area (Å²) >= 11 is 0.